The molecule has 7 nitrogen and oxygen atoms in total. The van der Waals surface area contributed by atoms with Gasteiger partial charge in [0.15, 0.2) is 5.09 Å². The van der Waals surface area contributed by atoms with Gasteiger partial charge < -0.3 is 24.3 Å². The van der Waals surface area contributed by atoms with Crippen LogP contribution < -0.4 is 4.74 Å². The normalized spacial score (nSPS) is 19.8. The average molecular weight is 485 g/mol. The number of nitrogens with zero attached hydrogens (tertiary/aromatic N) is 2. The van der Waals surface area contributed by atoms with Crippen molar-refractivity contribution >= 4 is 28.6 Å². The monoisotopic (exact) mass is 484 g/mol. The van der Waals surface area contributed by atoms with Crippen LogP contribution in [0.15, 0.2) is 58.4 Å². The third-order valence-electron chi connectivity index (χ3n) is 6.67. The number of methoxy groups -OCH3 is 1. The van der Waals surface area contributed by atoms with E-state index in [-0.39, 0.29) is 5.92 Å². The first kappa shape index (κ1) is 24.6. The second-order valence-electron chi connectivity index (χ2n) is 8.80. The van der Waals surface area contributed by atoms with Crippen molar-refractivity contribution in [1.82, 2.24) is 9.88 Å². The van der Waals surface area contributed by atoms with E-state index in [4.69, 9.17) is 9.15 Å². The molecule has 4 rings (SSSR count). The maximum atomic E-state index is 12.0. The Balaban J connectivity index is 1.31. The first-order valence-corrected chi connectivity index (χ1v) is 12.8. The van der Waals surface area contributed by atoms with Crippen molar-refractivity contribution in [2.75, 3.05) is 32.5 Å². The molecule has 8 heteroatoms. The zero-order valence-electron chi connectivity index (χ0n) is 19.4. The number of carboxylic acid groups (broad SMARTS) is 1. The standard InChI is InChI=1S/C26H32N2O5S/c1-32-19-6-7-23-21(16-19)20(9-11-27-23)24(29)8-5-18-10-13-28(17-22(18)26(30)31)12-3-15-34-25-4-2-14-33-25/h2,4,6-7,9,11,14,16,18,22,24,29H,3,5,8,10,12-13,15,17H2,1H3,(H,30,31)/t18-,22+,24?/m1/s1. The van der Waals surface area contributed by atoms with Crippen LogP contribution >= 0.6 is 11.8 Å². The quantitative estimate of drug-likeness (QED) is 0.294. The number of likely N-dealkylation sites (tertiary alicyclic amines) is 1. The first-order chi connectivity index (χ1) is 16.5. The number of hydrogen-bond donors (Lipinski definition) is 2. The fourth-order valence-electron chi connectivity index (χ4n) is 4.79. The molecule has 2 N–H and O–H groups in total. The number of piperidine rings is 1. The van der Waals surface area contributed by atoms with Gasteiger partial charge in [-0.3, -0.25) is 9.78 Å². The number of furan rings is 1. The van der Waals surface area contributed by atoms with Crippen LogP contribution in [0.2, 0.25) is 0 Å². The molecule has 1 fully saturated rings. The molecule has 1 saturated heterocycles. The molecule has 1 aliphatic rings. The van der Waals surface area contributed by atoms with E-state index in [0.717, 1.165) is 59.0 Å². The Hall–Kier alpha value is -2.55. The van der Waals surface area contributed by atoms with Gasteiger partial charge in [0.1, 0.15) is 5.75 Å². The van der Waals surface area contributed by atoms with Crippen LogP contribution in [0.1, 0.15) is 37.4 Å². The lowest BCUT2D eigenvalue weighted by molar-refractivity contribution is -0.146. The van der Waals surface area contributed by atoms with Crippen LogP contribution in [-0.2, 0) is 4.79 Å². The van der Waals surface area contributed by atoms with Gasteiger partial charge in [-0.05, 0) is 86.7 Å². The number of aromatic nitrogens is 1. The summed E-state index contributed by atoms with van der Waals surface area (Å²) < 4.78 is 10.7. The molecule has 0 amide bonds. The molecule has 1 aliphatic heterocycles. The molecule has 3 aromatic rings. The third kappa shape index (κ3) is 6.11. The number of hydrogen-bond acceptors (Lipinski definition) is 7. The van der Waals surface area contributed by atoms with Crippen molar-refractivity contribution < 1.29 is 24.2 Å². The molecule has 3 atom stereocenters. The highest BCUT2D eigenvalue weighted by molar-refractivity contribution is 7.99. The zero-order chi connectivity index (χ0) is 23.9. The van der Waals surface area contributed by atoms with Crippen LogP contribution in [0.25, 0.3) is 10.9 Å². The number of benzene rings is 1. The van der Waals surface area contributed by atoms with Crippen molar-refractivity contribution in [2.45, 2.75) is 36.9 Å². The number of fused-ring (bicyclic) bond motifs is 1. The average Bonchev–Trinajstić information content (AvgIpc) is 3.38. The minimum atomic E-state index is -0.742. The van der Waals surface area contributed by atoms with E-state index in [1.54, 1.807) is 31.3 Å². The number of aliphatic hydroxyl groups is 1. The lowest BCUT2D eigenvalue weighted by Gasteiger charge is -2.37. The fourth-order valence-corrected chi connectivity index (χ4v) is 5.57. The van der Waals surface area contributed by atoms with Gasteiger partial charge in [0, 0.05) is 23.9 Å². The van der Waals surface area contributed by atoms with Gasteiger partial charge in [-0.25, -0.2) is 0 Å². The molecule has 0 aliphatic carbocycles. The van der Waals surface area contributed by atoms with Crippen LogP contribution in [0.4, 0.5) is 0 Å². The summed E-state index contributed by atoms with van der Waals surface area (Å²) in [6.07, 6.45) is 5.72. The molecule has 1 aromatic carbocycles. The molecule has 182 valence electrons. The zero-order valence-corrected chi connectivity index (χ0v) is 20.2. The van der Waals surface area contributed by atoms with Crippen molar-refractivity contribution in [3.05, 3.63) is 54.4 Å². The van der Waals surface area contributed by atoms with Crippen molar-refractivity contribution in [1.29, 1.82) is 0 Å². The van der Waals surface area contributed by atoms with Gasteiger partial charge >= 0.3 is 5.97 Å². The number of carbonyl (C=O) groups is 1. The largest absolute Gasteiger partial charge is 0.497 e. The lowest BCUT2D eigenvalue weighted by Crippen LogP contribution is -2.44. The molecule has 34 heavy (non-hydrogen) atoms. The summed E-state index contributed by atoms with van der Waals surface area (Å²) >= 11 is 1.69. The topological polar surface area (TPSA) is 96.0 Å². The second kappa shape index (κ2) is 11.7. The van der Waals surface area contributed by atoms with E-state index < -0.39 is 18.0 Å². The highest BCUT2D eigenvalue weighted by Crippen LogP contribution is 2.34. The van der Waals surface area contributed by atoms with Gasteiger partial charge in [-0.2, -0.15) is 0 Å². The van der Waals surface area contributed by atoms with Crippen molar-refractivity contribution in [3.63, 3.8) is 0 Å². The van der Waals surface area contributed by atoms with Crippen molar-refractivity contribution in [2.24, 2.45) is 11.8 Å². The SMILES string of the molecule is COc1ccc2nccc(C(O)CC[C@@H]3CCN(CCCSc4ccco4)C[C@@H]3C(=O)O)c2c1. The Morgan fingerprint density at radius 2 is 2.24 bits per heavy atom. The van der Waals surface area contributed by atoms with E-state index in [1.807, 2.05) is 36.4 Å². The van der Waals surface area contributed by atoms with Crippen molar-refractivity contribution in [3.8, 4) is 5.75 Å². The number of pyridine rings is 1. The third-order valence-corrected chi connectivity index (χ3v) is 7.68. The van der Waals surface area contributed by atoms with E-state index in [2.05, 4.69) is 9.88 Å². The first-order valence-electron chi connectivity index (χ1n) is 11.8. The highest BCUT2D eigenvalue weighted by atomic mass is 32.2. The van der Waals surface area contributed by atoms with E-state index >= 15 is 0 Å². The van der Waals surface area contributed by atoms with E-state index in [9.17, 15) is 15.0 Å². The van der Waals surface area contributed by atoms with Gasteiger partial charge in [0.05, 0.1) is 30.9 Å². The molecular weight excluding hydrogens is 452 g/mol. The van der Waals surface area contributed by atoms with Crippen LogP contribution in [-0.4, -0.2) is 58.6 Å². The molecule has 0 saturated carbocycles. The fraction of sp³-hybridized carbons (Fsp3) is 0.462. The molecule has 3 heterocycles. The van der Waals surface area contributed by atoms with Gasteiger partial charge in [0.2, 0.25) is 0 Å². The summed E-state index contributed by atoms with van der Waals surface area (Å²) in [7, 11) is 1.62. The van der Waals surface area contributed by atoms with E-state index in [0.29, 0.717) is 19.4 Å². The summed E-state index contributed by atoms with van der Waals surface area (Å²) in [6.45, 7) is 2.35. The molecule has 0 radical (unpaired) electrons. The van der Waals surface area contributed by atoms with Crippen LogP contribution in [0.5, 0.6) is 5.75 Å². The van der Waals surface area contributed by atoms with E-state index in [1.165, 1.54) is 0 Å². The number of ether oxygens (including phenoxy) is 1. The summed E-state index contributed by atoms with van der Waals surface area (Å²) in [6, 6.07) is 11.3. The number of aliphatic carboxylic acids is 1. The number of thioether (sulfide) groups is 1. The Morgan fingerprint density at radius 1 is 1.35 bits per heavy atom. The van der Waals surface area contributed by atoms with Gasteiger partial charge in [0.25, 0.3) is 0 Å². The predicted molar refractivity (Wildman–Crippen MR) is 132 cm³/mol. The van der Waals surface area contributed by atoms with Crippen LogP contribution in [0, 0.1) is 11.8 Å². The molecule has 1 unspecified atom stereocenters. The van der Waals surface area contributed by atoms with Crippen LogP contribution in [0.3, 0.4) is 0 Å². The lowest BCUT2D eigenvalue weighted by atomic mass is 9.81. The van der Waals surface area contributed by atoms with Gasteiger partial charge in [-0.15, -0.1) is 0 Å². The smallest absolute Gasteiger partial charge is 0.308 e. The number of aliphatic hydroxyl groups excluding tert-OH is 1. The Bertz CT molecular complexity index is 1070. The minimum Gasteiger partial charge on any atom is -0.497 e. The molecular formula is C26H32N2O5S. The maximum Gasteiger partial charge on any atom is 0.308 e. The Labute approximate surface area is 204 Å². The summed E-state index contributed by atoms with van der Waals surface area (Å²) in [5, 5.41) is 22.6. The number of rotatable bonds is 11. The Kier molecular flexibility index (Phi) is 8.48. The summed E-state index contributed by atoms with van der Waals surface area (Å²) in [5.74, 6) is 0.571. The Morgan fingerprint density at radius 3 is 3.00 bits per heavy atom. The van der Waals surface area contributed by atoms with Gasteiger partial charge in [-0.1, -0.05) is 11.8 Å². The minimum absolute atomic E-state index is 0.0588. The predicted octanol–water partition coefficient (Wildman–Crippen LogP) is 4.86. The maximum absolute atomic E-state index is 12.0. The molecule has 0 spiro atoms. The second-order valence-corrected chi connectivity index (χ2v) is 9.90. The molecule has 0 bridgehead atoms. The highest BCUT2D eigenvalue weighted by Gasteiger charge is 2.34. The summed E-state index contributed by atoms with van der Waals surface area (Å²) in [4.78, 5) is 18.7. The number of carboxylic acids is 1. The molecule has 2 aromatic heterocycles. The summed E-state index contributed by atoms with van der Waals surface area (Å²) in [5.41, 5.74) is 1.61.